The SMILES string of the molecule is NCCOCN1CNc2c1nc(N)[nH]c2=O. The minimum absolute atomic E-state index is 0.0938. The summed E-state index contributed by atoms with van der Waals surface area (Å²) in [6.45, 7) is 1.72. The van der Waals surface area contributed by atoms with E-state index in [1.807, 2.05) is 0 Å². The molecule has 2 heterocycles. The van der Waals surface area contributed by atoms with E-state index in [0.717, 1.165) is 0 Å². The van der Waals surface area contributed by atoms with Crippen molar-refractivity contribution in [2.24, 2.45) is 5.73 Å². The summed E-state index contributed by atoms with van der Waals surface area (Å²) in [5, 5.41) is 2.93. The molecule has 8 heteroatoms. The third-order valence-electron chi connectivity index (χ3n) is 2.17. The van der Waals surface area contributed by atoms with Crippen molar-refractivity contribution in [1.82, 2.24) is 9.97 Å². The monoisotopic (exact) mass is 226 g/mol. The highest BCUT2D eigenvalue weighted by Gasteiger charge is 2.23. The molecule has 0 radical (unpaired) electrons. The second-order valence-electron chi connectivity index (χ2n) is 3.35. The van der Waals surface area contributed by atoms with Crippen LogP contribution in [0.25, 0.3) is 0 Å². The molecular formula is C8H14N6O2. The maximum absolute atomic E-state index is 11.5. The molecule has 0 aliphatic carbocycles. The quantitative estimate of drug-likeness (QED) is 0.459. The second kappa shape index (κ2) is 4.37. The Morgan fingerprint density at radius 3 is 3.12 bits per heavy atom. The number of fused-ring (bicyclic) bond motifs is 1. The molecule has 0 saturated carbocycles. The predicted molar refractivity (Wildman–Crippen MR) is 60.1 cm³/mol. The maximum atomic E-state index is 11.5. The van der Waals surface area contributed by atoms with Gasteiger partial charge in [0.15, 0.2) is 5.82 Å². The highest BCUT2D eigenvalue weighted by Crippen LogP contribution is 2.24. The van der Waals surface area contributed by atoms with Crippen molar-refractivity contribution in [2.75, 3.05) is 42.5 Å². The van der Waals surface area contributed by atoms with Gasteiger partial charge in [-0.25, -0.2) is 0 Å². The summed E-state index contributed by atoms with van der Waals surface area (Å²) >= 11 is 0. The van der Waals surface area contributed by atoms with E-state index in [9.17, 15) is 4.79 Å². The van der Waals surface area contributed by atoms with Crippen LogP contribution in [0.2, 0.25) is 0 Å². The molecule has 0 amide bonds. The van der Waals surface area contributed by atoms with Crippen LogP contribution in [0.3, 0.4) is 0 Å². The standard InChI is InChI=1S/C8H14N6O2/c9-1-2-16-4-14-3-11-5-6(14)12-8(10)13-7(5)15/h11H,1-4,9H2,(H3,10,12,13,15). The number of nitrogens with two attached hydrogens (primary N) is 2. The number of ether oxygens (including phenoxy) is 1. The smallest absolute Gasteiger partial charge is 0.277 e. The van der Waals surface area contributed by atoms with Gasteiger partial charge in [-0.15, -0.1) is 0 Å². The first kappa shape index (κ1) is 10.7. The number of nitrogens with one attached hydrogen (secondary N) is 2. The first-order chi connectivity index (χ1) is 7.72. The van der Waals surface area contributed by atoms with Gasteiger partial charge in [-0.3, -0.25) is 9.78 Å². The Labute approximate surface area is 91.6 Å². The molecule has 0 atom stereocenters. The highest BCUT2D eigenvalue weighted by atomic mass is 16.5. The number of aromatic amines is 1. The summed E-state index contributed by atoms with van der Waals surface area (Å²) in [5.74, 6) is 0.606. The van der Waals surface area contributed by atoms with E-state index in [4.69, 9.17) is 16.2 Å². The minimum atomic E-state index is -0.274. The zero-order valence-electron chi connectivity index (χ0n) is 8.69. The largest absolute Gasteiger partial charge is 0.369 e. The van der Waals surface area contributed by atoms with Crippen LogP contribution < -0.4 is 27.2 Å². The summed E-state index contributed by atoms with van der Waals surface area (Å²) in [6.07, 6.45) is 0. The van der Waals surface area contributed by atoms with Gasteiger partial charge in [-0.2, -0.15) is 4.98 Å². The number of H-pyrrole nitrogens is 1. The predicted octanol–water partition coefficient (Wildman–Crippen LogP) is -1.53. The number of anilines is 3. The first-order valence-electron chi connectivity index (χ1n) is 4.89. The van der Waals surface area contributed by atoms with Crippen molar-refractivity contribution in [3.8, 4) is 0 Å². The molecule has 1 aromatic heterocycles. The van der Waals surface area contributed by atoms with E-state index < -0.39 is 0 Å². The Bertz CT molecular complexity index is 431. The number of hydrogen-bond donors (Lipinski definition) is 4. The first-order valence-corrected chi connectivity index (χ1v) is 4.89. The molecule has 0 aromatic carbocycles. The lowest BCUT2D eigenvalue weighted by atomic mass is 10.5. The molecule has 2 rings (SSSR count). The molecule has 16 heavy (non-hydrogen) atoms. The zero-order valence-corrected chi connectivity index (χ0v) is 8.69. The molecule has 8 nitrogen and oxygen atoms in total. The summed E-state index contributed by atoms with van der Waals surface area (Å²) in [5.41, 5.74) is 10.9. The normalized spacial score (nSPS) is 13.7. The lowest BCUT2D eigenvalue weighted by Gasteiger charge is -2.16. The van der Waals surface area contributed by atoms with E-state index >= 15 is 0 Å². The Hall–Kier alpha value is -1.80. The van der Waals surface area contributed by atoms with Gasteiger partial charge in [0.25, 0.3) is 5.56 Å². The highest BCUT2D eigenvalue weighted by molar-refractivity contribution is 5.70. The van der Waals surface area contributed by atoms with E-state index in [2.05, 4.69) is 15.3 Å². The van der Waals surface area contributed by atoms with Gasteiger partial charge in [0.1, 0.15) is 12.4 Å². The average molecular weight is 226 g/mol. The van der Waals surface area contributed by atoms with Crippen LogP contribution in [0.15, 0.2) is 4.79 Å². The Morgan fingerprint density at radius 1 is 1.56 bits per heavy atom. The lowest BCUT2D eigenvalue weighted by molar-refractivity contribution is 0.143. The maximum Gasteiger partial charge on any atom is 0.277 e. The summed E-state index contributed by atoms with van der Waals surface area (Å²) in [6, 6.07) is 0. The van der Waals surface area contributed by atoms with Gasteiger partial charge in [0.2, 0.25) is 5.95 Å². The van der Waals surface area contributed by atoms with E-state index in [-0.39, 0.29) is 11.5 Å². The topological polar surface area (TPSA) is 122 Å². The third kappa shape index (κ3) is 1.92. The van der Waals surface area contributed by atoms with Gasteiger partial charge in [-0.05, 0) is 0 Å². The summed E-state index contributed by atoms with van der Waals surface area (Å²) in [7, 11) is 0. The van der Waals surface area contributed by atoms with Crippen LogP contribution >= 0.6 is 0 Å². The molecule has 0 bridgehead atoms. The van der Waals surface area contributed by atoms with E-state index in [1.54, 1.807) is 4.90 Å². The molecule has 0 saturated heterocycles. The van der Waals surface area contributed by atoms with Crippen LogP contribution in [0.1, 0.15) is 0 Å². The number of nitrogens with zero attached hydrogens (tertiary/aromatic N) is 2. The fourth-order valence-electron chi connectivity index (χ4n) is 1.48. The van der Waals surface area contributed by atoms with Gasteiger partial charge < -0.3 is 26.4 Å². The van der Waals surface area contributed by atoms with E-state index in [0.29, 0.717) is 38.1 Å². The zero-order chi connectivity index (χ0) is 11.5. The van der Waals surface area contributed by atoms with Crippen molar-refractivity contribution in [3.05, 3.63) is 10.4 Å². The molecule has 1 aromatic rings. The average Bonchev–Trinajstić information content (AvgIpc) is 2.62. The van der Waals surface area contributed by atoms with Crippen LogP contribution in [0, 0.1) is 0 Å². The molecule has 0 fully saturated rings. The minimum Gasteiger partial charge on any atom is -0.369 e. The summed E-state index contributed by atoms with van der Waals surface area (Å²) in [4.78, 5) is 19.7. The number of aromatic nitrogens is 2. The van der Waals surface area contributed by atoms with Crippen molar-refractivity contribution in [2.45, 2.75) is 0 Å². The van der Waals surface area contributed by atoms with Crippen molar-refractivity contribution in [3.63, 3.8) is 0 Å². The molecule has 0 spiro atoms. The van der Waals surface area contributed by atoms with Crippen LogP contribution in [0.4, 0.5) is 17.5 Å². The van der Waals surface area contributed by atoms with Crippen LogP contribution in [0.5, 0.6) is 0 Å². The summed E-state index contributed by atoms with van der Waals surface area (Å²) < 4.78 is 5.27. The second-order valence-corrected chi connectivity index (χ2v) is 3.35. The lowest BCUT2D eigenvalue weighted by Crippen LogP contribution is -2.27. The number of rotatable bonds is 4. The van der Waals surface area contributed by atoms with E-state index in [1.165, 1.54) is 0 Å². The molecule has 1 aliphatic rings. The fourth-order valence-corrected chi connectivity index (χ4v) is 1.48. The van der Waals surface area contributed by atoms with Crippen LogP contribution in [-0.4, -0.2) is 36.5 Å². The van der Waals surface area contributed by atoms with Gasteiger partial charge in [-0.1, -0.05) is 0 Å². The number of nitrogen functional groups attached to an aromatic ring is 1. The third-order valence-corrected chi connectivity index (χ3v) is 2.17. The van der Waals surface area contributed by atoms with Crippen molar-refractivity contribution < 1.29 is 4.74 Å². The van der Waals surface area contributed by atoms with Gasteiger partial charge in [0, 0.05) is 6.54 Å². The van der Waals surface area contributed by atoms with Crippen molar-refractivity contribution in [1.29, 1.82) is 0 Å². The molecule has 6 N–H and O–H groups in total. The molecule has 1 aliphatic heterocycles. The molecular weight excluding hydrogens is 212 g/mol. The Morgan fingerprint density at radius 2 is 2.38 bits per heavy atom. The van der Waals surface area contributed by atoms with Gasteiger partial charge in [0.05, 0.1) is 13.3 Å². The molecule has 0 unspecified atom stereocenters. The Kier molecular flexibility index (Phi) is 2.93. The van der Waals surface area contributed by atoms with Crippen LogP contribution in [-0.2, 0) is 4.74 Å². The Balaban J connectivity index is 2.16. The van der Waals surface area contributed by atoms with Crippen molar-refractivity contribution >= 4 is 17.5 Å². The fraction of sp³-hybridized carbons (Fsp3) is 0.500. The number of hydrogen-bond acceptors (Lipinski definition) is 7. The molecule has 88 valence electrons. The van der Waals surface area contributed by atoms with Gasteiger partial charge >= 0.3 is 0 Å².